The first-order valence-corrected chi connectivity index (χ1v) is 9.76. The summed E-state index contributed by atoms with van der Waals surface area (Å²) >= 11 is 0. The summed E-state index contributed by atoms with van der Waals surface area (Å²) in [6, 6.07) is 9.16. The quantitative estimate of drug-likeness (QED) is 0.655. The lowest BCUT2D eigenvalue weighted by Gasteiger charge is -2.21. The minimum atomic E-state index is -0.333. The van der Waals surface area contributed by atoms with Gasteiger partial charge in [0.1, 0.15) is 5.75 Å². The molecule has 0 aromatic heterocycles. The predicted octanol–water partition coefficient (Wildman–Crippen LogP) is 3.45. The van der Waals surface area contributed by atoms with Gasteiger partial charge in [0, 0.05) is 12.0 Å². The molecule has 0 spiro atoms. The summed E-state index contributed by atoms with van der Waals surface area (Å²) in [5.41, 5.74) is 6.98. The molecule has 1 aliphatic rings. The summed E-state index contributed by atoms with van der Waals surface area (Å²) in [7, 11) is 4.45. The Kier molecular flexibility index (Phi) is 8.79. The fraction of sp³-hybridized carbons (Fsp3) is 0.409. The summed E-state index contributed by atoms with van der Waals surface area (Å²) in [6.45, 7) is 3.57. The lowest BCUT2D eigenvalue weighted by molar-refractivity contribution is -0.0774. The molecule has 1 fully saturated rings. The Labute approximate surface area is 188 Å². The van der Waals surface area contributed by atoms with Crippen molar-refractivity contribution in [1.29, 1.82) is 0 Å². The van der Waals surface area contributed by atoms with Gasteiger partial charge >= 0.3 is 0 Å². The fourth-order valence-corrected chi connectivity index (χ4v) is 3.31. The Bertz CT molecular complexity index is 891. The van der Waals surface area contributed by atoms with Crippen LogP contribution in [0.25, 0.3) is 0 Å². The van der Waals surface area contributed by atoms with Crippen LogP contribution < -0.4 is 24.7 Å². The van der Waals surface area contributed by atoms with Gasteiger partial charge in [0.15, 0.2) is 11.5 Å². The van der Waals surface area contributed by atoms with Gasteiger partial charge in [0.05, 0.1) is 40.0 Å². The number of hydroxylamine groups is 2. The first kappa shape index (κ1) is 24.6. The highest BCUT2D eigenvalue weighted by atomic mass is 35.5. The molecule has 1 amide bonds. The van der Waals surface area contributed by atoms with Gasteiger partial charge in [-0.05, 0) is 30.7 Å². The van der Waals surface area contributed by atoms with E-state index in [9.17, 15) is 4.79 Å². The summed E-state index contributed by atoms with van der Waals surface area (Å²) in [5, 5.41) is 1.33. The predicted molar refractivity (Wildman–Crippen MR) is 119 cm³/mol. The molecular weight excluding hydrogens is 424 g/mol. The van der Waals surface area contributed by atoms with Gasteiger partial charge in [-0.25, -0.2) is 5.06 Å². The number of methoxy groups -OCH3 is 3. The normalized spacial score (nSPS) is 15.3. The summed E-state index contributed by atoms with van der Waals surface area (Å²) in [5.74, 6) is 1.69. The zero-order chi connectivity index (χ0) is 21.7. The van der Waals surface area contributed by atoms with E-state index in [4.69, 9.17) is 29.5 Å². The molecule has 1 unspecified atom stereocenters. The zero-order valence-electron chi connectivity index (χ0n) is 18.2. The number of amides is 1. The number of hydrogen-bond acceptors (Lipinski definition) is 7. The molecule has 31 heavy (non-hydrogen) atoms. The van der Waals surface area contributed by atoms with Crippen LogP contribution in [0.2, 0.25) is 0 Å². The Morgan fingerprint density at radius 1 is 1.10 bits per heavy atom. The van der Waals surface area contributed by atoms with Crippen LogP contribution in [-0.4, -0.2) is 52.0 Å². The lowest BCUT2D eigenvalue weighted by Crippen LogP contribution is -2.27. The largest absolute Gasteiger partial charge is 0.492 e. The van der Waals surface area contributed by atoms with Gasteiger partial charge < -0.3 is 24.7 Å². The van der Waals surface area contributed by atoms with E-state index in [1.165, 1.54) is 26.4 Å². The van der Waals surface area contributed by atoms with Crippen LogP contribution in [-0.2, 0) is 11.3 Å². The van der Waals surface area contributed by atoms with Crippen LogP contribution in [0.3, 0.4) is 0 Å². The maximum atomic E-state index is 13.1. The number of carbonyl (C=O) groups excluding carboxylic acids is 1. The van der Waals surface area contributed by atoms with Crippen molar-refractivity contribution < 1.29 is 28.6 Å². The van der Waals surface area contributed by atoms with Crippen LogP contribution in [0.15, 0.2) is 30.3 Å². The number of ether oxygens (including phenoxy) is 4. The maximum Gasteiger partial charge on any atom is 0.281 e. The van der Waals surface area contributed by atoms with Gasteiger partial charge in [-0.3, -0.25) is 9.63 Å². The first-order chi connectivity index (χ1) is 14.5. The molecule has 0 bridgehead atoms. The summed E-state index contributed by atoms with van der Waals surface area (Å²) in [6.07, 6.45) is 0.785. The Balaban J connectivity index is 0.00000341. The smallest absolute Gasteiger partial charge is 0.281 e. The van der Waals surface area contributed by atoms with Gasteiger partial charge in [0.2, 0.25) is 11.5 Å². The van der Waals surface area contributed by atoms with E-state index in [1.54, 1.807) is 6.07 Å². The third-order valence-electron chi connectivity index (χ3n) is 4.80. The van der Waals surface area contributed by atoms with E-state index in [2.05, 4.69) is 0 Å². The second kappa shape index (κ2) is 11.1. The van der Waals surface area contributed by atoms with E-state index in [1.807, 2.05) is 31.2 Å². The SMILES string of the molecule is COc1c(Oc2ccc(CCN)cc2)cc(C(=O)N2CC(C)CO2)c(OC)c1OC.Cl. The Hall–Kier alpha value is -2.68. The van der Waals surface area contributed by atoms with E-state index in [0.29, 0.717) is 36.9 Å². The van der Waals surface area contributed by atoms with Crippen molar-refractivity contribution in [2.45, 2.75) is 13.3 Å². The molecule has 2 aromatic rings. The molecule has 8 nitrogen and oxygen atoms in total. The molecule has 170 valence electrons. The maximum absolute atomic E-state index is 13.1. The van der Waals surface area contributed by atoms with Gasteiger partial charge in [-0.1, -0.05) is 19.1 Å². The molecule has 1 aliphatic heterocycles. The third kappa shape index (κ3) is 5.33. The van der Waals surface area contributed by atoms with Crippen molar-refractivity contribution in [3.63, 3.8) is 0 Å². The van der Waals surface area contributed by atoms with Crippen LogP contribution in [0.4, 0.5) is 0 Å². The molecule has 0 saturated carbocycles. The second-order valence-electron chi connectivity index (χ2n) is 7.07. The number of rotatable bonds is 8. The molecular formula is C22H29ClN2O6. The number of nitrogens with zero attached hydrogens (tertiary/aromatic N) is 1. The highest BCUT2D eigenvalue weighted by Crippen LogP contribution is 2.48. The standard InChI is InChI=1S/C22H28N2O6.ClH/c1-14-12-24(29-13-14)22(25)17-11-18(20(27-3)21(28-4)19(17)26-2)30-16-7-5-15(6-8-16)9-10-23;/h5-8,11,14H,9-10,12-13,23H2,1-4H3;1H. The van der Waals surface area contributed by atoms with Crippen molar-refractivity contribution in [3.05, 3.63) is 41.5 Å². The number of halogens is 1. The van der Waals surface area contributed by atoms with E-state index >= 15 is 0 Å². The lowest BCUT2D eigenvalue weighted by atomic mass is 10.1. The molecule has 1 saturated heterocycles. The molecule has 0 aliphatic carbocycles. The van der Waals surface area contributed by atoms with Gasteiger partial charge in [-0.15, -0.1) is 12.4 Å². The molecule has 1 heterocycles. The minimum Gasteiger partial charge on any atom is -0.492 e. The number of benzene rings is 2. The highest BCUT2D eigenvalue weighted by molar-refractivity contribution is 5.98. The minimum absolute atomic E-state index is 0. The Morgan fingerprint density at radius 2 is 1.74 bits per heavy atom. The molecule has 3 rings (SSSR count). The molecule has 0 radical (unpaired) electrons. The van der Waals surface area contributed by atoms with Crippen LogP contribution >= 0.6 is 12.4 Å². The Morgan fingerprint density at radius 3 is 2.26 bits per heavy atom. The highest BCUT2D eigenvalue weighted by Gasteiger charge is 2.32. The molecule has 2 aromatic carbocycles. The first-order valence-electron chi connectivity index (χ1n) is 9.76. The monoisotopic (exact) mass is 452 g/mol. The van der Waals surface area contributed by atoms with Crippen molar-refractivity contribution in [2.75, 3.05) is 41.0 Å². The van der Waals surface area contributed by atoms with E-state index in [0.717, 1.165) is 12.0 Å². The van der Waals surface area contributed by atoms with Crippen molar-refractivity contribution >= 4 is 18.3 Å². The van der Waals surface area contributed by atoms with E-state index in [-0.39, 0.29) is 41.3 Å². The van der Waals surface area contributed by atoms with Gasteiger partial charge in [0.25, 0.3) is 5.91 Å². The second-order valence-corrected chi connectivity index (χ2v) is 7.07. The zero-order valence-corrected chi connectivity index (χ0v) is 19.0. The topological polar surface area (TPSA) is 92.5 Å². The van der Waals surface area contributed by atoms with Crippen LogP contribution in [0, 0.1) is 5.92 Å². The van der Waals surface area contributed by atoms with Crippen LogP contribution in [0.1, 0.15) is 22.8 Å². The van der Waals surface area contributed by atoms with Crippen LogP contribution in [0.5, 0.6) is 28.7 Å². The van der Waals surface area contributed by atoms with Gasteiger partial charge in [-0.2, -0.15) is 0 Å². The van der Waals surface area contributed by atoms with E-state index < -0.39 is 0 Å². The number of nitrogens with two attached hydrogens (primary N) is 1. The fourth-order valence-electron chi connectivity index (χ4n) is 3.31. The molecule has 9 heteroatoms. The summed E-state index contributed by atoms with van der Waals surface area (Å²) in [4.78, 5) is 18.6. The number of hydrogen-bond donors (Lipinski definition) is 1. The van der Waals surface area contributed by atoms with Crippen molar-refractivity contribution in [2.24, 2.45) is 11.7 Å². The molecule has 1 atom stereocenters. The average molecular weight is 453 g/mol. The average Bonchev–Trinajstić information content (AvgIpc) is 3.20. The van der Waals surface area contributed by atoms with Crippen molar-refractivity contribution in [1.82, 2.24) is 5.06 Å². The van der Waals surface area contributed by atoms with Crippen molar-refractivity contribution in [3.8, 4) is 28.7 Å². The summed E-state index contributed by atoms with van der Waals surface area (Å²) < 4.78 is 22.6. The number of carbonyl (C=O) groups is 1. The molecule has 2 N–H and O–H groups in total. The third-order valence-corrected chi connectivity index (χ3v) is 4.80.